The van der Waals surface area contributed by atoms with Gasteiger partial charge in [0.2, 0.25) is 0 Å². The molecule has 8 nitrogen and oxygen atoms in total. The van der Waals surface area contributed by atoms with Crippen molar-refractivity contribution in [3.05, 3.63) is 0 Å². The molecule has 0 aliphatic carbocycles. The highest BCUT2D eigenvalue weighted by molar-refractivity contribution is 7.61. The third-order valence-electron chi connectivity index (χ3n) is 0.766. The Labute approximate surface area is 67.2 Å². The summed E-state index contributed by atoms with van der Waals surface area (Å²) in [6.45, 7) is -0.0915. The fourth-order valence-corrected chi connectivity index (χ4v) is 2.36. The van der Waals surface area contributed by atoms with E-state index in [0.717, 1.165) is 0 Å². The van der Waals surface area contributed by atoms with E-state index in [2.05, 4.69) is 18.4 Å². The maximum absolute atomic E-state index is 11.0. The summed E-state index contributed by atoms with van der Waals surface area (Å²) in [7, 11) is -9.11. The van der Waals surface area contributed by atoms with Crippen LogP contribution in [0.3, 0.4) is 0 Å². The van der Waals surface area contributed by atoms with Gasteiger partial charge in [-0.1, -0.05) is 0 Å². The molecule has 0 aromatic carbocycles. The summed E-state index contributed by atoms with van der Waals surface area (Å²) in [5, 5.41) is 0. The van der Waals surface area contributed by atoms with Gasteiger partial charge in [0.15, 0.2) is 0 Å². The second-order valence-electron chi connectivity index (χ2n) is 1.75. The second-order valence-corrected chi connectivity index (χ2v) is 4.69. The zero-order chi connectivity index (χ0) is 9.24. The van der Waals surface area contributed by atoms with Crippen LogP contribution in [0.15, 0.2) is 0 Å². The van der Waals surface area contributed by atoms with Gasteiger partial charge in [-0.2, -0.15) is 4.31 Å². The zero-order valence-electron chi connectivity index (χ0n) is 5.65. The Morgan fingerprint density at radius 2 is 2.08 bits per heavy atom. The standard InChI is InChI=1S/C2H6O8P2/c3-11(4,5)10-12(6)8-2-1-7-9-12/h1-2H2,(H2,3,4,5). The minimum atomic E-state index is -4.89. The minimum Gasteiger partial charge on any atom is -0.302 e. The Balaban J connectivity index is 2.59. The first-order valence-corrected chi connectivity index (χ1v) is 5.73. The molecule has 1 atom stereocenters. The number of hydrogen-bond donors (Lipinski definition) is 2. The van der Waals surface area contributed by atoms with Crippen molar-refractivity contribution < 1.29 is 37.3 Å². The summed E-state index contributed by atoms with van der Waals surface area (Å²) >= 11 is 0. The lowest BCUT2D eigenvalue weighted by Crippen LogP contribution is -2.12. The van der Waals surface area contributed by atoms with Crippen molar-refractivity contribution in [1.82, 2.24) is 0 Å². The molecule has 1 aliphatic rings. The molecular weight excluding hydrogens is 214 g/mol. The Morgan fingerprint density at radius 1 is 1.42 bits per heavy atom. The summed E-state index contributed by atoms with van der Waals surface area (Å²) in [5.74, 6) is 0. The number of rotatable bonds is 2. The molecule has 1 aliphatic heterocycles. The van der Waals surface area contributed by atoms with E-state index in [4.69, 9.17) is 9.79 Å². The van der Waals surface area contributed by atoms with Gasteiger partial charge in [0.1, 0.15) is 6.61 Å². The van der Waals surface area contributed by atoms with Crippen molar-refractivity contribution in [2.45, 2.75) is 0 Å². The van der Waals surface area contributed by atoms with E-state index >= 15 is 0 Å². The van der Waals surface area contributed by atoms with E-state index in [1.807, 2.05) is 0 Å². The molecule has 0 aromatic rings. The predicted molar refractivity (Wildman–Crippen MR) is 33.7 cm³/mol. The average molecular weight is 220 g/mol. The number of phosphoric acid groups is 2. The van der Waals surface area contributed by atoms with Gasteiger partial charge in [-0.05, 0) is 0 Å². The highest BCUT2D eigenvalue weighted by Crippen LogP contribution is 2.62. The molecule has 0 bridgehead atoms. The Kier molecular flexibility index (Phi) is 3.03. The van der Waals surface area contributed by atoms with Crippen LogP contribution in [-0.2, 0) is 27.5 Å². The first kappa shape index (κ1) is 10.3. The van der Waals surface area contributed by atoms with Gasteiger partial charge >= 0.3 is 15.6 Å². The topological polar surface area (TPSA) is 112 Å². The third kappa shape index (κ3) is 3.30. The van der Waals surface area contributed by atoms with Crippen LogP contribution in [0.2, 0.25) is 0 Å². The highest BCUT2D eigenvalue weighted by atomic mass is 31.3. The van der Waals surface area contributed by atoms with Crippen LogP contribution in [0.1, 0.15) is 0 Å². The van der Waals surface area contributed by atoms with E-state index in [-0.39, 0.29) is 13.2 Å². The highest BCUT2D eigenvalue weighted by Gasteiger charge is 2.39. The lowest BCUT2D eigenvalue weighted by molar-refractivity contribution is -0.249. The molecule has 12 heavy (non-hydrogen) atoms. The zero-order valence-corrected chi connectivity index (χ0v) is 7.44. The molecular formula is C2H6O8P2. The summed E-state index contributed by atoms with van der Waals surface area (Å²) in [6.07, 6.45) is 0. The Morgan fingerprint density at radius 3 is 2.50 bits per heavy atom. The maximum atomic E-state index is 11.0. The number of hydrogen-bond acceptors (Lipinski definition) is 6. The minimum absolute atomic E-state index is 0.0223. The van der Waals surface area contributed by atoms with Crippen LogP contribution in [0, 0.1) is 0 Å². The lowest BCUT2D eigenvalue weighted by Gasteiger charge is -2.20. The molecule has 0 aromatic heterocycles. The molecule has 72 valence electrons. The van der Waals surface area contributed by atoms with Crippen molar-refractivity contribution in [2.24, 2.45) is 0 Å². The largest absolute Gasteiger partial charge is 0.511 e. The van der Waals surface area contributed by atoms with Crippen LogP contribution in [0.25, 0.3) is 0 Å². The molecule has 0 amide bonds. The van der Waals surface area contributed by atoms with Crippen molar-refractivity contribution in [1.29, 1.82) is 0 Å². The van der Waals surface area contributed by atoms with Gasteiger partial charge in [-0.15, -0.1) is 4.67 Å². The van der Waals surface area contributed by atoms with E-state index in [9.17, 15) is 9.13 Å². The summed E-state index contributed by atoms with van der Waals surface area (Å²) in [6, 6.07) is 0. The molecule has 0 spiro atoms. The molecule has 2 N–H and O–H groups in total. The molecule has 1 rings (SSSR count). The monoisotopic (exact) mass is 220 g/mol. The van der Waals surface area contributed by atoms with Crippen LogP contribution in [0.4, 0.5) is 0 Å². The normalized spacial score (nSPS) is 31.8. The summed E-state index contributed by atoms with van der Waals surface area (Å²) in [5.41, 5.74) is 0. The summed E-state index contributed by atoms with van der Waals surface area (Å²) < 4.78 is 33.2. The van der Waals surface area contributed by atoms with Crippen LogP contribution < -0.4 is 0 Å². The van der Waals surface area contributed by atoms with E-state index in [1.165, 1.54) is 0 Å². The smallest absolute Gasteiger partial charge is 0.302 e. The predicted octanol–water partition coefficient (Wildman–Crippen LogP) is 0.182. The van der Waals surface area contributed by atoms with Gasteiger partial charge in [0.05, 0.1) is 6.61 Å². The average Bonchev–Trinajstić information content (AvgIpc) is 1.83. The Bertz CT molecular complexity index is 231. The lowest BCUT2D eigenvalue weighted by atomic mass is 10.8. The quantitative estimate of drug-likeness (QED) is 0.500. The molecule has 1 heterocycles. The fourth-order valence-electron chi connectivity index (χ4n) is 0.474. The SMILES string of the molecule is O=P(O)(O)OP1(=O)OCCOO1. The maximum Gasteiger partial charge on any atom is 0.511 e. The molecule has 0 radical (unpaired) electrons. The van der Waals surface area contributed by atoms with Gasteiger partial charge in [-0.25, -0.2) is 14.0 Å². The first-order valence-electron chi connectivity index (χ1n) is 2.74. The van der Waals surface area contributed by atoms with Crippen LogP contribution >= 0.6 is 15.6 Å². The molecule has 1 unspecified atom stereocenters. The van der Waals surface area contributed by atoms with E-state index < -0.39 is 15.6 Å². The molecule has 10 heteroatoms. The van der Waals surface area contributed by atoms with E-state index in [0.29, 0.717) is 0 Å². The van der Waals surface area contributed by atoms with E-state index in [1.54, 1.807) is 0 Å². The van der Waals surface area contributed by atoms with Crippen molar-refractivity contribution in [3.8, 4) is 0 Å². The van der Waals surface area contributed by atoms with Crippen molar-refractivity contribution in [2.75, 3.05) is 13.2 Å². The van der Waals surface area contributed by atoms with Gasteiger partial charge < -0.3 is 9.79 Å². The Hall–Kier alpha value is 0.220. The first-order chi connectivity index (χ1) is 5.41. The van der Waals surface area contributed by atoms with Crippen molar-refractivity contribution in [3.63, 3.8) is 0 Å². The molecule has 1 saturated heterocycles. The van der Waals surface area contributed by atoms with Gasteiger partial charge in [0.25, 0.3) is 0 Å². The molecule has 0 saturated carbocycles. The van der Waals surface area contributed by atoms with Gasteiger partial charge in [-0.3, -0.25) is 4.52 Å². The van der Waals surface area contributed by atoms with Gasteiger partial charge in [0, 0.05) is 0 Å². The third-order valence-corrected chi connectivity index (χ3v) is 3.20. The van der Waals surface area contributed by atoms with Crippen LogP contribution in [-0.4, -0.2) is 23.0 Å². The van der Waals surface area contributed by atoms with Crippen molar-refractivity contribution >= 4 is 15.6 Å². The summed E-state index contributed by atoms with van der Waals surface area (Å²) in [4.78, 5) is 20.6. The fraction of sp³-hybridized carbons (Fsp3) is 1.00. The molecule has 1 fully saturated rings. The second kappa shape index (κ2) is 3.53. The van der Waals surface area contributed by atoms with Crippen LogP contribution in [0.5, 0.6) is 0 Å².